The van der Waals surface area contributed by atoms with Crippen LogP contribution in [0.5, 0.6) is 0 Å². The van der Waals surface area contributed by atoms with Crippen LogP contribution in [0, 0.1) is 35.5 Å². The van der Waals surface area contributed by atoms with Crippen LogP contribution in [0.4, 0.5) is 0 Å². The number of aliphatic hydroxyl groups is 2. The lowest BCUT2D eigenvalue weighted by Crippen LogP contribution is -2.61. The van der Waals surface area contributed by atoms with E-state index in [1.54, 1.807) is 41.1 Å². The van der Waals surface area contributed by atoms with Crippen LogP contribution in [0.15, 0.2) is 47.6 Å². The highest BCUT2D eigenvalue weighted by Crippen LogP contribution is 2.39. The van der Waals surface area contributed by atoms with E-state index in [1.165, 1.54) is 12.0 Å². The van der Waals surface area contributed by atoms with E-state index >= 15 is 0 Å². The summed E-state index contributed by atoms with van der Waals surface area (Å²) in [6.45, 7) is 24.8. The van der Waals surface area contributed by atoms with Crippen LogP contribution >= 0.6 is 0 Å². The summed E-state index contributed by atoms with van der Waals surface area (Å²) in [5.74, 6) is -7.75. The molecule has 0 aromatic carbocycles. The Bertz CT molecular complexity index is 2080. The minimum atomic E-state index is -2.44. The van der Waals surface area contributed by atoms with E-state index < -0.39 is 86.1 Å². The van der Waals surface area contributed by atoms with Crippen LogP contribution in [-0.4, -0.2) is 162 Å². The summed E-state index contributed by atoms with van der Waals surface area (Å²) in [6.07, 6.45) is 13.0. The quantitative estimate of drug-likeness (QED) is 0.0547. The number of ether oxygens (including phenoxy) is 7. The number of allylic oxidation sites excluding steroid dienone is 6. The normalized spacial score (nSPS) is 34.0. The molecule has 0 aromatic heterocycles. The lowest BCUT2D eigenvalue weighted by molar-refractivity contribution is -0.265. The van der Waals surface area contributed by atoms with Gasteiger partial charge in [-0.3, -0.25) is 19.2 Å². The Labute approximate surface area is 468 Å². The number of piperidine rings is 1. The molecule has 78 heavy (non-hydrogen) atoms. The second-order valence-corrected chi connectivity index (χ2v) is 29.4. The summed E-state index contributed by atoms with van der Waals surface area (Å²) in [7, 11) is 2.79. The van der Waals surface area contributed by atoms with Crippen molar-refractivity contribution < 1.29 is 71.8 Å². The molecule has 3 unspecified atom stereocenters. The van der Waals surface area contributed by atoms with E-state index in [4.69, 9.17) is 37.6 Å². The minimum Gasteiger partial charge on any atom is -0.460 e. The average Bonchev–Trinajstić information content (AvgIpc) is 3.43. The number of carbonyl (C=O) groups excluding carboxylic acids is 5. The molecule has 2 bridgehead atoms. The van der Waals surface area contributed by atoms with Crippen LogP contribution in [0.3, 0.4) is 0 Å². The van der Waals surface area contributed by atoms with Gasteiger partial charge in [-0.25, -0.2) is 4.79 Å². The van der Waals surface area contributed by atoms with Gasteiger partial charge in [0.2, 0.25) is 5.79 Å². The van der Waals surface area contributed by atoms with Gasteiger partial charge in [-0.1, -0.05) is 91.8 Å². The number of hydrogen-bond acceptors (Lipinski definition) is 15. The molecule has 1 saturated carbocycles. The number of carbonyl (C=O) groups is 5. The predicted molar refractivity (Wildman–Crippen MR) is 303 cm³/mol. The molecule has 16 nitrogen and oxygen atoms in total. The fraction of sp³-hybridized carbons (Fsp3) is 0.787. The fourth-order valence-corrected chi connectivity index (χ4v) is 12.4. The number of cyclic esters (lactones) is 1. The van der Waals surface area contributed by atoms with Crippen molar-refractivity contribution in [2.75, 3.05) is 54.3 Å². The third-order valence-electron chi connectivity index (χ3n) is 17.5. The molecule has 1 amide bonds. The van der Waals surface area contributed by atoms with Crippen molar-refractivity contribution in [1.29, 1.82) is 0 Å². The maximum atomic E-state index is 14.7. The fourth-order valence-electron chi connectivity index (χ4n) is 11.4. The zero-order valence-electron chi connectivity index (χ0n) is 50.2. The summed E-state index contributed by atoms with van der Waals surface area (Å²) < 4.78 is 49.3. The summed E-state index contributed by atoms with van der Waals surface area (Å²) in [6, 6.07) is -1.15. The van der Waals surface area contributed by atoms with Gasteiger partial charge >= 0.3 is 5.97 Å². The molecule has 0 radical (unpaired) electrons. The van der Waals surface area contributed by atoms with E-state index in [0.717, 1.165) is 18.4 Å². The van der Waals surface area contributed by atoms with Gasteiger partial charge in [0.1, 0.15) is 30.1 Å². The standard InChI is InChI=1S/C61H101NO15Si/c1-39-21-17-16-18-22-40(2)51(70-11)37-47-26-24-45(7)61(69,77-47)57(66)58(67)62-28-20-19-23-48(62)59(68)76-52(38-49(64)41(3)34-44(6)55(74-30-29-63)56(72-13)54(65)43(5)33-39)42(4)35-46-25-27-50(53(36-46)71-12)73-31-32-75-78(14,15)60(8,9)10/h16-18,21-22,34,39,41-43,45-48,50-53,55-56,63,69H,19-20,23-33,35-38H2,1-15H3/t39-,41-,42-,43-,45-,46+,47?,48+,50-,51+,52?,53-,55-,56+,61?/m1/s1. The first-order valence-corrected chi connectivity index (χ1v) is 31.9. The van der Waals surface area contributed by atoms with Crippen molar-refractivity contribution in [2.24, 2.45) is 35.5 Å². The number of Topliss-reactive ketones (excluding diaryl/α,β-unsaturated/α-hetero) is 3. The van der Waals surface area contributed by atoms with Gasteiger partial charge in [-0.2, -0.15) is 0 Å². The molecule has 17 heteroatoms. The largest absolute Gasteiger partial charge is 0.460 e. The molecule has 3 fully saturated rings. The predicted octanol–water partition coefficient (Wildman–Crippen LogP) is 9.24. The summed E-state index contributed by atoms with van der Waals surface area (Å²) in [4.78, 5) is 73.6. The van der Waals surface area contributed by atoms with Crippen molar-refractivity contribution in [1.82, 2.24) is 4.90 Å². The van der Waals surface area contributed by atoms with Crippen LogP contribution in [-0.2, 0) is 61.6 Å². The van der Waals surface area contributed by atoms with Crippen molar-refractivity contribution >= 4 is 37.5 Å². The SMILES string of the molecule is CO[C@H]1CC2CC[C@@H](C)C(O)(O2)C(=O)C(=O)N2CCCC[C@H]2C(=O)OC([C@H](C)C[C@@H]2CC[C@@H](OCCO[Si](C)(C)C(C)(C)C)[C@H](OC)C2)CC(=O)[C@H](C)C=C(C)[C@@H](OCCO)[C@@H](OC)C(=O)[C@H](C)C[C@H](C)C=CC=CC=C1C. The summed E-state index contributed by atoms with van der Waals surface area (Å²) in [5, 5.41) is 22.0. The zero-order valence-corrected chi connectivity index (χ0v) is 51.2. The third kappa shape index (κ3) is 18.6. The molecule has 2 saturated heterocycles. The molecule has 4 aliphatic rings. The van der Waals surface area contributed by atoms with E-state index in [-0.39, 0.29) is 79.2 Å². The maximum absolute atomic E-state index is 14.7. The number of ketones is 3. The summed E-state index contributed by atoms with van der Waals surface area (Å²) in [5.41, 5.74) is 1.45. The Morgan fingerprint density at radius 2 is 1.53 bits per heavy atom. The van der Waals surface area contributed by atoms with Gasteiger partial charge in [0.05, 0.1) is 50.8 Å². The number of amides is 1. The van der Waals surface area contributed by atoms with Gasteiger partial charge in [0.15, 0.2) is 14.1 Å². The second-order valence-electron chi connectivity index (χ2n) is 24.6. The van der Waals surface area contributed by atoms with Crippen molar-refractivity contribution in [2.45, 2.75) is 219 Å². The molecule has 0 aromatic rings. The molecule has 3 aliphatic heterocycles. The van der Waals surface area contributed by atoms with Gasteiger partial charge in [-0.15, -0.1) is 0 Å². The van der Waals surface area contributed by atoms with Crippen molar-refractivity contribution in [3.63, 3.8) is 0 Å². The molecule has 4 rings (SSSR count). The molecule has 444 valence electrons. The highest BCUT2D eigenvalue weighted by Gasteiger charge is 2.53. The molecule has 15 atom stereocenters. The van der Waals surface area contributed by atoms with Crippen LogP contribution in [0.25, 0.3) is 0 Å². The minimum absolute atomic E-state index is 0.0165. The van der Waals surface area contributed by atoms with Crippen LogP contribution in [0.2, 0.25) is 18.1 Å². The highest BCUT2D eigenvalue weighted by molar-refractivity contribution is 6.74. The van der Waals surface area contributed by atoms with Gasteiger partial charge in [0, 0.05) is 58.5 Å². The Morgan fingerprint density at radius 3 is 2.18 bits per heavy atom. The van der Waals surface area contributed by atoms with Crippen LogP contribution in [0.1, 0.15) is 146 Å². The Balaban J connectivity index is 1.70. The van der Waals surface area contributed by atoms with E-state index in [9.17, 15) is 34.2 Å². The summed E-state index contributed by atoms with van der Waals surface area (Å²) >= 11 is 0. The third-order valence-corrected chi connectivity index (χ3v) is 22.0. The first-order chi connectivity index (χ1) is 36.7. The average molecular weight is 1120 g/mol. The van der Waals surface area contributed by atoms with E-state index in [2.05, 4.69) is 33.9 Å². The Morgan fingerprint density at radius 1 is 0.808 bits per heavy atom. The Hall–Kier alpha value is -3.23. The number of rotatable bonds is 14. The second kappa shape index (κ2) is 31.3. The molecule has 3 heterocycles. The number of aliphatic hydroxyl groups excluding tert-OH is 1. The van der Waals surface area contributed by atoms with Gasteiger partial charge in [-0.05, 0) is 125 Å². The van der Waals surface area contributed by atoms with Gasteiger partial charge in [0.25, 0.3) is 11.7 Å². The maximum Gasteiger partial charge on any atom is 0.329 e. The van der Waals surface area contributed by atoms with Gasteiger partial charge < -0.3 is 52.7 Å². The zero-order chi connectivity index (χ0) is 58.1. The lowest BCUT2D eigenvalue weighted by atomic mass is 9.78. The molecular formula is C61H101NO15Si. The van der Waals surface area contributed by atoms with E-state index in [1.807, 2.05) is 58.1 Å². The Kier molecular flexibility index (Phi) is 27.0. The smallest absolute Gasteiger partial charge is 0.329 e. The van der Waals surface area contributed by atoms with Crippen molar-refractivity contribution in [3.8, 4) is 0 Å². The lowest BCUT2D eigenvalue weighted by Gasteiger charge is -2.42. The monoisotopic (exact) mass is 1120 g/mol. The number of methoxy groups -OCH3 is 3. The molecular weight excluding hydrogens is 1010 g/mol. The number of fused-ring (bicyclic) bond motifs is 3. The topological polar surface area (TPSA) is 203 Å². The van der Waals surface area contributed by atoms with Crippen LogP contribution < -0.4 is 0 Å². The first-order valence-electron chi connectivity index (χ1n) is 29.0. The number of nitrogens with zero attached hydrogens (tertiary/aromatic N) is 1. The van der Waals surface area contributed by atoms with E-state index in [0.29, 0.717) is 70.2 Å². The highest BCUT2D eigenvalue weighted by atomic mass is 28.4. The molecule has 0 spiro atoms. The number of esters is 1. The molecule has 1 aliphatic carbocycles. The molecule has 2 N–H and O–H groups in total. The van der Waals surface area contributed by atoms with Crippen molar-refractivity contribution in [3.05, 3.63) is 47.6 Å². The first kappa shape index (κ1) is 67.3. The number of hydrogen-bond donors (Lipinski definition) is 2.